The SMILES string of the molecule is O=C(O)C1CN(c2ccc([N+](=O)[O-])c3ccncc23)C1. The largest absolute Gasteiger partial charge is 0.481 e. The molecule has 1 aliphatic heterocycles. The van der Waals surface area contributed by atoms with Crippen LogP contribution < -0.4 is 4.90 Å². The number of hydrogen-bond acceptors (Lipinski definition) is 5. The second-order valence-electron chi connectivity index (χ2n) is 4.72. The van der Waals surface area contributed by atoms with Crippen molar-refractivity contribution in [1.29, 1.82) is 0 Å². The second-order valence-corrected chi connectivity index (χ2v) is 4.72. The summed E-state index contributed by atoms with van der Waals surface area (Å²) in [7, 11) is 0. The molecule has 7 heteroatoms. The first kappa shape index (κ1) is 12.3. The number of carbonyl (C=O) groups is 1. The topological polar surface area (TPSA) is 96.6 Å². The van der Waals surface area contributed by atoms with E-state index in [0.29, 0.717) is 23.9 Å². The zero-order chi connectivity index (χ0) is 14.3. The fourth-order valence-electron chi connectivity index (χ4n) is 2.43. The van der Waals surface area contributed by atoms with E-state index in [9.17, 15) is 14.9 Å². The third kappa shape index (κ3) is 1.83. The molecule has 1 N–H and O–H groups in total. The maximum Gasteiger partial charge on any atom is 0.310 e. The van der Waals surface area contributed by atoms with Crippen molar-refractivity contribution in [1.82, 2.24) is 4.98 Å². The Labute approximate surface area is 113 Å². The highest BCUT2D eigenvalue weighted by atomic mass is 16.6. The summed E-state index contributed by atoms with van der Waals surface area (Å²) in [5.41, 5.74) is 0.817. The van der Waals surface area contributed by atoms with Crippen molar-refractivity contribution in [3.05, 3.63) is 40.7 Å². The smallest absolute Gasteiger partial charge is 0.310 e. The zero-order valence-corrected chi connectivity index (χ0v) is 10.4. The summed E-state index contributed by atoms with van der Waals surface area (Å²) in [6, 6.07) is 4.71. The highest BCUT2D eigenvalue weighted by molar-refractivity contribution is 6.00. The van der Waals surface area contributed by atoms with Crippen LogP contribution >= 0.6 is 0 Å². The normalized spacial score (nSPS) is 15.1. The van der Waals surface area contributed by atoms with Crippen molar-refractivity contribution >= 4 is 28.1 Å². The molecule has 7 nitrogen and oxygen atoms in total. The molecule has 1 fully saturated rings. The fraction of sp³-hybridized carbons (Fsp3) is 0.231. The Bertz CT molecular complexity index is 710. The molecule has 2 aromatic rings. The Hall–Kier alpha value is -2.70. The molecule has 0 amide bonds. The lowest BCUT2D eigenvalue weighted by molar-refractivity contribution is -0.383. The van der Waals surface area contributed by atoms with E-state index in [-0.39, 0.29) is 11.6 Å². The minimum atomic E-state index is -0.814. The maximum atomic E-state index is 11.0. The minimum absolute atomic E-state index is 0.0291. The Kier molecular flexibility index (Phi) is 2.74. The summed E-state index contributed by atoms with van der Waals surface area (Å²) in [6.07, 6.45) is 3.08. The third-order valence-corrected chi connectivity index (χ3v) is 3.54. The molecule has 1 aromatic heterocycles. The van der Waals surface area contributed by atoms with Gasteiger partial charge in [0.2, 0.25) is 0 Å². The Balaban J connectivity index is 2.04. The minimum Gasteiger partial charge on any atom is -0.481 e. The van der Waals surface area contributed by atoms with Crippen LogP contribution in [-0.4, -0.2) is 34.1 Å². The first-order valence-corrected chi connectivity index (χ1v) is 6.07. The van der Waals surface area contributed by atoms with Gasteiger partial charge in [0.25, 0.3) is 5.69 Å². The van der Waals surface area contributed by atoms with Gasteiger partial charge in [-0.2, -0.15) is 0 Å². The molecule has 3 rings (SSSR count). The van der Waals surface area contributed by atoms with Crippen LogP contribution in [0, 0.1) is 16.0 Å². The lowest BCUT2D eigenvalue weighted by atomic mass is 9.98. The number of carboxylic acids is 1. The van der Waals surface area contributed by atoms with Crippen LogP contribution in [0.3, 0.4) is 0 Å². The van der Waals surface area contributed by atoms with Gasteiger partial charge in [0.15, 0.2) is 0 Å². The van der Waals surface area contributed by atoms with E-state index in [1.807, 2.05) is 4.90 Å². The van der Waals surface area contributed by atoms with E-state index in [0.717, 1.165) is 5.69 Å². The number of carboxylic acid groups (broad SMARTS) is 1. The third-order valence-electron chi connectivity index (χ3n) is 3.54. The number of nitro groups is 1. The first-order valence-electron chi connectivity index (χ1n) is 6.07. The van der Waals surface area contributed by atoms with Crippen LogP contribution in [0.2, 0.25) is 0 Å². The summed E-state index contributed by atoms with van der Waals surface area (Å²) in [5, 5.41) is 21.1. The molecule has 102 valence electrons. The zero-order valence-electron chi connectivity index (χ0n) is 10.4. The van der Waals surface area contributed by atoms with Gasteiger partial charge in [0, 0.05) is 42.6 Å². The summed E-state index contributed by atoms with van der Waals surface area (Å²) in [5.74, 6) is -1.19. The predicted molar refractivity (Wildman–Crippen MR) is 71.7 cm³/mol. The highest BCUT2D eigenvalue weighted by Gasteiger charge is 2.33. The van der Waals surface area contributed by atoms with Gasteiger partial charge in [-0.1, -0.05) is 0 Å². The average Bonchev–Trinajstić information content (AvgIpc) is 2.36. The van der Waals surface area contributed by atoms with Gasteiger partial charge in [-0.25, -0.2) is 0 Å². The van der Waals surface area contributed by atoms with Crippen LogP contribution in [0.25, 0.3) is 10.8 Å². The number of aliphatic carboxylic acids is 1. The predicted octanol–water partition coefficient (Wildman–Crippen LogP) is 1.66. The molecule has 0 radical (unpaired) electrons. The van der Waals surface area contributed by atoms with E-state index in [4.69, 9.17) is 5.11 Å². The molecule has 0 bridgehead atoms. The molecule has 1 aromatic carbocycles. The monoisotopic (exact) mass is 273 g/mol. The Morgan fingerprint density at radius 1 is 1.35 bits per heavy atom. The molecule has 2 heterocycles. The molecule has 20 heavy (non-hydrogen) atoms. The number of nitro benzene ring substituents is 1. The highest BCUT2D eigenvalue weighted by Crippen LogP contribution is 2.35. The summed E-state index contributed by atoms with van der Waals surface area (Å²) >= 11 is 0. The van der Waals surface area contributed by atoms with Gasteiger partial charge in [-0.3, -0.25) is 19.9 Å². The van der Waals surface area contributed by atoms with Crippen LogP contribution in [0.5, 0.6) is 0 Å². The molecule has 1 saturated heterocycles. The number of fused-ring (bicyclic) bond motifs is 1. The number of anilines is 1. The molecule has 0 spiro atoms. The molecular weight excluding hydrogens is 262 g/mol. The lowest BCUT2D eigenvalue weighted by Gasteiger charge is -2.39. The fourth-order valence-corrected chi connectivity index (χ4v) is 2.43. The van der Waals surface area contributed by atoms with Crippen molar-refractivity contribution < 1.29 is 14.8 Å². The molecule has 0 saturated carbocycles. The van der Waals surface area contributed by atoms with E-state index >= 15 is 0 Å². The summed E-state index contributed by atoms with van der Waals surface area (Å²) < 4.78 is 0. The Morgan fingerprint density at radius 3 is 2.75 bits per heavy atom. The molecule has 0 unspecified atom stereocenters. The lowest BCUT2D eigenvalue weighted by Crippen LogP contribution is -2.50. The van der Waals surface area contributed by atoms with Gasteiger partial charge in [0.05, 0.1) is 16.2 Å². The number of rotatable bonds is 3. The quantitative estimate of drug-likeness (QED) is 0.674. The summed E-state index contributed by atoms with van der Waals surface area (Å²) in [4.78, 5) is 27.3. The standard InChI is InChI=1S/C13H11N3O4/c17-13(18)8-6-15(7-8)11-1-2-12(16(19)20)9-3-4-14-5-10(9)11/h1-5,8H,6-7H2,(H,17,18). The van der Waals surface area contributed by atoms with Crippen LogP contribution in [0.15, 0.2) is 30.6 Å². The van der Waals surface area contributed by atoms with Crippen LogP contribution in [-0.2, 0) is 4.79 Å². The van der Waals surface area contributed by atoms with E-state index in [2.05, 4.69) is 4.98 Å². The number of pyridine rings is 1. The number of hydrogen-bond donors (Lipinski definition) is 1. The molecule has 0 aliphatic carbocycles. The van der Waals surface area contributed by atoms with Crippen LogP contribution in [0.1, 0.15) is 0 Å². The summed E-state index contributed by atoms with van der Waals surface area (Å²) in [6.45, 7) is 0.828. The first-order chi connectivity index (χ1) is 9.58. The number of nitrogens with zero attached hydrogens (tertiary/aromatic N) is 3. The second kappa shape index (κ2) is 4.44. The van der Waals surface area contributed by atoms with Gasteiger partial charge in [0.1, 0.15) is 0 Å². The van der Waals surface area contributed by atoms with Crippen molar-refractivity contribution in [3.8, 4) is 0 Å². The van der Waals surface area contributed by atoms with E-state index in [1.54, 1.807) is 18.3 Å². The number of benzene rings is 1. The van der Waals surface area contributed by atoms with Gasteiger partial charge in [-0.15, -0.1) is 0 Å². The van der Waals surface area contributed by atoms with E-state index < -0.39 is 10.9 Å². The van der Waals surface area contributed by atoms with Gasteiger partial charge < -0.3 is 10.0 Å². The van der Waals surface area contributed by atoms with Gasteiger partial charge >= 0.3 is 5.97 Å². The van der Waals surface area contributed by atoms with Crippen LogP contribution in [0.4, 0.5) is 11.4 Å². The van der Waals surface area contributed by atoms with Crippen molar-refractivity contribution in [3.63, 3.8) is 0 Å². The van der Waals surface area contributed by atoms with E-state index in [1.165, 1.54) is 12.3 Å². The average molecular weight is 273 g/mol. The van der Waals surface area contributed by atoms with Crippen molar-refractivity contribution in [2.75, 3.05) is 18.0 Å². The number of non-ortho nitro benzene ring substituents is 1. The number of aromatic nitrogens is 1. The van der Waals surface area contributed by atoms with Crippen molar-refractivity contribution in [2.45, 2.75) is 0 Å². The molecule has 0 atom stereocenters. The Morgan fingerprint density at radius 2 is 2.10 bits per heavy atom. The van der Waals surface area contributed by atoms with Crippen molar-refractivity contribution in [2.24, 2.45) is 5.92 Å². The molecule has 1 aliphatic rings. The van der Waals surface area contributed by atoms with Gasteiger partial charge in [-0.05, 0) is 12.1 Å². The maximum absolute atomic E-state index is 11.0. The molecular formula is C13H11N3O4.